The lowest BCUT2D eigenvalue weighted by atomic mass is 10.1. The molecular formula is C11H10FN3O4S. The fourth-order valence-electron chi connectivity index (χ4n) is 1.56. The lowest BCUT2D eigenvalue weighted by Gasteiger charge is -2.09. The highest BCUT2D eigenvalue weighted by molar-refractivity contribution is 7.92. The minimum atomic E-state index is -4.03. The molecule has 0 bridgehead atoms. The van der Waals surface area contributed by atoms with E-state index in [1.165, 1.54) is 19.2 Å². The molecule has 1 aromatic heterocycles. The molecule has 0 atom stereocenters. The van der Waals surface area contributed by atoms with Gasteiger partial charge in [-0.2, -0.15) is 5.10 Å². The second kappa shape index (κ2) is 4.93. The predicted octanol–water partition coefficient (Wildman–Crippen LogP) is 1.36. The van der Waals surface area contributed by atoms with E-state index >= 15 is 0 Å². The molecule has 0 spiro atoms. The number of aromatic nitrogens is 2. The van der Waals surface area contributed by atoms with Crippen LogP contribution in [0.1, 0.15) is 15.9 Å². The van der Waals surface area contributed by atoms with Gasteiger partial charge in [-0.05, 0) is 24.6 Å². The van der Waals surface area contributed by atoms with Crippen LogP contribution in [0.3, 0.4) is 0 Å². The molecule has 0 aliphatic heterocycles. The zero-order valence-corrected chi connectivity index (χ0v) is 11.0. The van der Waals surface area contributed by atoms with Crippen molar-refractivity contribution in [3.63, 3.8) is 0 Å². The molecule has 2 aromatic rings. The Labute approximate surface area is 113 Å². The monoisotopic (exact) mass is 299 g/mol. The number of nitrogens with zero attached hydrogens (tertiary/aromatic N) is 1. The van der Waals surface area contributed by atoms with E-state index in [2.05, 4.69) is 14.9 Å². The average Bonchev–Trinajstić information content (AvgIpc) is 2.83. The highest BCUT2D eigenvalue weighted by Crippen LogP contribution is 2.21. The Morgan fingerprint density at radius 3 is 2.70 bits per heavy atom. The Morgan fingerprint density at radius 2 is 2.15 bits per heavy atom. The molecule has 9 heteroatoms. The molecule has 0 saturated carbocycles. The second-order valence-electron chi connectivity index (χ2n) is 3.98. The van der Waals surface area contributed by atoms with Gasteiger partial charge in [0.15, 0.2) is 0 Å². The molecule has 0 unspecified atom stereocenters. The van der Waals surface area contributed by atoms with E-state index in [1.54, 1.807) is 0 Å². The van der Waals surface area contributed by atoms with Gasteiger partial charge < -0.3 is 5.11 Å². The summed E-state index contributed by atoms with van der Waals surface area (Å²) in [6, 6.07) is 3.20. The van der Waals surface area contributed by atoms with E-state index in [-0.39, 0.29) is 16.3 Å². The summed E-state index contributed by atoms with van der Waals surface area (Å²) in [6.07, 6.45) is 1.34. The Hall–Kier alpha value is -2.42. The quantitative estimate of drug-likeness (QED) is 0.789. The number of hydrogen-bond donors (Lipinski definition) is 3. The molecule has 106 valence electrons. The number of sulfonamides is 1. The van der Waals surface area contributed by atoms with Crippen molar-refractivity contribution in [2.45, 2.75) is 11.8 Å². The van der Waals surface area contributed by atoms with Crippen molar-refractivity contribution in [1.82, 2.24) is 10.2 Å². The van der Waals surface area contributed by atoms with Crippen LogP contribution in [0.4, 0.5) is 10.2 Å². The van der Waals surface area contributed by atoms with Crippen LogP contribution in [0, 0.1) is 12.7 Å². The first-order valence-corrected chi connectivity index (χ1v) is 6.85. The third-order valence-electron chi connectivity index (χ3n) is 2.51. The van der Waals surface area contributed by atoms with E-state index in [1.807, 2.05) is 0 Å². The van der Waals surface area contributed by atoms with Gasteiger partial charge in [0, 0.05) is 6.07 Å². The molecule has 1 heterocycles. The fraction of sp³-hybridized carbons (Fsp3) is 0.0909. The summed E-state index contributed by atoms with van der Waals surface area (Å²) in [6.45, 7) is 1.29. The number of hydrogen-bond acceptors (Lipinski definition) is 4. The molecule has 3 N–H and O–H groups in total. The molecule has 0 aliphatic rings. The Bertz CT molecular complexity index is 756. The van der Waals surface area contributed by atoms with Crippen molar-refractivity contribution in [3.05, 3.63) is 41.3 Å². The number of halogens is 1. The summed E-state index contributed by atoms with van der Waals surface area (Å²) in [5.41, 5.74) is -0.773. The van der Waals surface area contributed by atoms with Gasteiger partial charge in [-0.25, -0.2) is 17.6 Å². The molecule has 0 radical (unpaired) electrons. The van der Waals surface area contributed by atoms with Gasteiger partial charge >= 0.3 is 5.97 Å². The van der Waals surface area contributed by atoms with Crippen molar-refractivity contribution in [2.24, 2.45) is 0 Å². The molecule has 0 saturated heterocycles. The minimum Gasteiger partial charge on any atom is -0.478 e. The highest BCUT2D eigenvalue weighted by atomic mass is 32.2. The normalized spacial score (nSPS) is 11.3. The Kier molecular flexibility index (Phi) is 3.45. The van der Waals surface area contributed by atoms with E-state index in [4.69, 9.17) is 5.11 Å². The molecule has 0 amide bonds. The van der Waals surface area contributed by atoms with Gasteiger partial charge in [0.1, 0.15) is 11.6 Å². The minimum absolute atomic E-state index is 0.0742. The number of benzene rings is 1. The maximum atomic E-state index is 13.6. The SMILES string of the molecule is Cc1cc(S(=O)(=O)Nc2ccn[nH]2)cc(C(=O)O)c1F. The van der Waals surface area contributed by atoms with Crippen LogP contribution in [-0.2, 0) is 10.0 Å². The first kappa shape index (κ1) is 14.0. The second-order valence-corrected chi connectivity index (χ2v) is 5.67. The number of carbonyl (C=O) groups is 1. The van der Waals surface area contributed by atoms with Gasteiger partial charge in [0.2, 0.25) is 0 Å². The number of H-pyrrole nitrogens is 1. The summed E-state index contributed by atoms with van der Waals surface area (Å²) >= 11 is 0. The molecular weight excluding hydrogens is 289 g/mol. The topological polar surface area (TPSA) is 112 Å². The van der Waals surface area contributed by atoms with Gasteiger partial charge in [0.05, 0.1) is 16.7 Å². The maximum absolute atomic E-state index is 13.6. The lowest BCUT2D eigenvalue weighted by molar-refractivity contribution is 0.0691. The van der Waals surface area contributed by atoms with E-state index in [0.717, 1.165) is 12.1 Å². The number of aromatic carboxylic acids is 1. The van der Waals surface area contributed by atoms with Gasteiger partial charge in [-0.1, -0.05) is 0 Å². The molecule has 2 rings (SSSR count). The third-order valence-corrected chi connectivity index (χ3v) is 3.86. The van der Waals surface area contributed by atoms with Crippen molar-refractivity contribution in [1.29, 1.82) is 0 Å². The fourth-order valence-corrected chi connectivity index (χ4v) is 2.69. The molecule has 0 aliphatic carbocycles. The maximum Gasteiger partial charge on any atom is 0.338 e. The Morgan fingerprint density at radius 1 is 1.45 bits per heavy atom. The first-order chi connectivity index (χ1) is 9.31. The van der Waals surface area contributed by atoms with Crippen LogP contribution in [0.2, 0.25) is 0 Å². The van der Waals surface area contributed by atoms with Gasteiger partial charge in [0.25, 0.3) is 10.0 Å². The number of carboxylic acids is 1. The molecule has 0 fully saturated rings. The number of rotatable bonds is 4. The van der Waals surface area contributed by atoms with Crippen LogP contribution in [0.25, 0.3) is 0 Å². The van der Waals surface area contributed by atoms with Crippen molar-refractivity contribution < 1.29 is 22.7 Å². The van der Waals surface area contributed by atoms with Crippen LogP contribution in [0.5, 0.6) is 0 Å². The van der Waals surface area contributed by atoms with E-state index < -0.39 is 27.4 Å². The zero-order valence-electron chi connectivity index (χ0n) is 10.2. The third kappa shape index (κ3) is 2.62. The van der Waals surface area contributed by atoms with Gasteiger partial charge in [-0.3, -0.25) is 9.82 Å². The summed E-state index contributed by atoms with van der Waals surface area (Å²) < 4.78 is 39.9. The van der Waals surface area contributed by atoms with E-state index in [9.17, 15) is 17.6 Å². The van der Waals surface area contributed by atoms with Gasteiger partial charge in [-0.15, -0.1) is 0 Å². The summed E-state index contributed by atoms with van der Waals surface area (Å²) in [4.78, 5) is 10.6. The lowest BCUT2D eigenvalue weighted by Crippen LogP contribution is -2.15. The number of anilines is 1. The zero-order chi connectivity index (χ0) is 14.9. The predicted molar refractivity (Wildman–Crippen MR) is 67.5 cm³/mol. The standard InChI is InChI=1S/C11H10FN3O4S/c1-6-4-7(5-8(10(6)12)11(16)17)20(18,19)15-9-2-3-13-14-9/h2-5H,1H3,(H,16,17)(H2,13,14,15). The average molecular weight is 299 g/mol. The van der Waals surface area contributed by atoms with Crippen LogP contribution in [0.15, 0.2) is 29.3 Å². The highest BCUT2D eigenvalue weighted by Gasteiger charge is 2.21. The number of aromatic amines is 1. The van der Waals surface area contributed by atoms with Crippen molar-refractivity contribution in [3.8, 4) is 0 Å². The van der Waals surface area contributed by atoms with Crippen LogP contribution < -0.4 is 4.72 Å². The van der Waals surface area contributed by atoms with E-state index in [0.29, 0.717) is 0 Å². The molecule has 20 heavy (non-hydrogen) atoms. The first-order valence-electron chi connectivity index (χ1n) is 5.37. The Balaban J connectivity index is 2.49. The summed E-state index contributed by atoms with van der Waals surface area (Å²) in [7, 11) is -4.03. The molecule has 7 nitrogen and oxygen atoms in total. The largest absolute Gasteiger partial charge is 0.478 e. The number of nitrogens with one attached hydrogen (secondary N) is 2. The van der Waals surface area contributed by atoms with Crippen molar-refractivity contribution >= 4 is 21.8 Å². The van der Waals surface area contributed by atoms with Crippen LogP contribution >= 0.6 is 0 Å². The smallest absolute Gasteiger partial charge is 0.338 e. The molecule has 1 aromatic carbocycles. The summed E-state index contributed by atoms with van der Waals surface area (Å²) in [5, 5.41) is 14.8. The summed E-state index contributed by atoms with van der Waals surface area (Å²) in [5.74, 6) is -2.38. The van der Waals surface area contributed by atoms with Crippen LogP contribution in [-0.4, -0.2) is 29.7 Å². The number of carboxylic acid groups (broad SMARTS) is 1. The number of aryl methyl sites for hydroxylation is 1. The van der Waals surface area contributed by atoms with Crippen molar-refractivity contribution in [2.75, 3.05) is 4.72 Å².